The molecule has 27 heavy (non-hydrogen) atoms. The van der Waals surface area contributed by atoms with E-state index in [1.54, 1.807) is 19.2 Å². The van der Waals surface area contributed by atoms with E-state index in [4.69, 9.17) is 14.2 Å². The Balaban J connectivity index is 1.83. The Bertz CT molecular complexity index is 831. The second-order valence-corrected chi connectivity index (χ2v) is 6.81. The van der Waals surface area contributed by atoms with Crippen molar-refractivity contribution < 1.29 is 19.0 Å². The van der Waals surface area contributed by atoms with Gasteiger partial charge in [-0.15, -0.1) is 0 Å². The molecule has 0 saturated heterocycles. The summed E-state index contributed by atoms with van der Waals surface area (Å²) < 4.78 is 16.1. The predicted octanol–water partition coefficient (Wildman–Crippen LogP) is 4.08. The Hall–Kier alpha value is -2.69. The molecule has 2 aromatic rings. The lowest BCUT2D eigenvalue weighted by Crippen LogP contribution is -2.27. The summed E-state index contributed by atoms with van der Waals surface area (Å²) in [5.41, 5.74) is 4.37. The minimum Gasteiger partial charge on any atom is -0.493 e. The molecule has 1 unspecified atom stereocenters. The molecule has 2 aromatic carbocycles. The molecule has 5 heteroatoms. The van der Waals surface area contributed by atoms with Crippen LogP contribution >= 0.6 is 0 Å². The Labute approximate surface area is 160 Å². The summed E-state index contributed by atoms with van der Waals surface area (Å²) in [6.45, 7) is 2.00. The molecule has 0 radical (unpaired) electrons. The third kappa shape index (κ3) is 3.87. The summed E-state index contributed by atoms with van der Waals surface area (Å²) in [6, 6.07) is 9.83. The highest BCUT2D eigenvalue weighted by molar-refractivity contribution is 5.98. The van der Waals surface area contributed by atoms with Crippen LogP contribution in [0.5, 0.6) is 17.2 Å². The van der Waals surface area contributed by atoms with Crippen LogP contribution in [-0.2, 0) is 12.8 Å². The number of hydrogen-bond acceptors (Lipinski definition) is 4. The van der Waals surface area contributed by atoms with Crippen LogP contribution in [0, 0.1) is 0 Å². The van der Waals surface area contributed by atoms with Gasteiger partial charge in [0.2, 0.25) is 5.75 Å². The third-order valence-electron chi connectivity index (χ3n) is 5.17. The fraction of sp³-hybridized carbons (Fsp3) is 0.409. The van der Waals surface area contributed by atoms with Gasteiger partial charge < -0.3 is 19.5 Å². The van der Waals surface area contributed by atoms with E-state index in [9.17, 15) is 4.79 Å². The first-order chi connectivity index (χ1) is 13.1. The SMILES string of the molecule is COc1ccc(C(=O)NC(C)c2ccc3c(c2)CCCC3)c(OC)c1OC. The number of amides is 1. The number of hydrogen-bond donors (Lipinski definition) is 1. The van der Waals surface area contributed by atoms with Crippen molar-refractivity contribution in [3.05, 3.63) is 52.6 Å². The number of methoxy groups -OCH3 is 3. The number of aryl methyl sites for hydroxylation is 2. The molecule has 0 saturated carbocycles. The molecule has 0 bridgehead atoms. The normalized spacial score (nSPS) is 14.1. The number of nitrogens with one attached hydrogen (secondary N) is 1. The molecule has 0 aromatic heterocycles. The monoisotopic (exact) mass is 369 g/mol. The number of carbonyl (C=O) groups is 1. The van der Waals surface area contributed by atoms with Crippen molar-refractivity contribution in [2.45, 2.75) is 38.6 Å². The van der Waals surface area contributed by atoms with Gasteiger partial charge in [-0.1, -0.05) is 18.2 Å². The van der Waals surface area contributed by atoms with Crippen LogP contribution in [0.25, 0.3) is 0 Å². The highest BCUT2D eigenvalue weighted by atomic mass is 16.5. The van der Waals surface area contributed by atoms with Crippen LogP contribution in [0.3, 0.4) is 0 Å². The topological polar surface area (TPSA) is 56.8 Å². The lowest BCUT2D eigenvalue weighted by atomic mass is 9.89. The molecular formula is C22H27NO4. The van der Waals surface area contributed by atoms with E-state index < -0.39 is 0 Å². The minimum absolute atomic E-state index is 0.109. The number of fused-ring (bicyclic) bond motifs is 1. The van der Waals surface area contributed by atoms with Gasteiger partial charge in [0.15, 0.2) is 11.5 Å². The average molecular weight is 369 g/mol. The number of benzene rings is 2. The zero-order valence-electron chi connectivity index (χ0n) is 16.4. The molecule has 144 valence electrons. The molecule has 1 aliphatic carbocycles. The van der Waals surface area contributed by atoms with Crippen molar-refractivity contribution in [3.63, 3.8) is 0 Å². The zero-order chi connectivity index (χ0) is 19.4. The molecule has 1 amide bonds. The Morgan fingerprint density at radius 3 is 2.30 bits per heavy atom. The van der Waals surface area contributed by atoms with Crippen LogP contribution in [0.1, 0.15) is 52.9 Å². The van der Waals surface area contributed by atoms with E-state index >= 15 is 0 Å². The fourth-order valence-electron chi connectivity index (χ4n) is 3.66. The van der Waals surface area contributed by atoms with Crippen LogP contribution in [0.15, 0.2) is 30.3 Å². The number of carbonyl (C=O) groups excluding carboxylic acids is 1. The smallest absolute Gasteiger partial charge is 0.255 e. The first-order valence-electron chi connectivity index (χ1n) is 9.30. The summed E-state index contributed by atoms with van der Waals surface area (Å²) in [7, 11) is 4.59. The largest absolute Gasteiger partial charge is 0.493 e. The molecule has 3 rings (SSSR count). The maximum Gasteiger partial charge on any atom is 0.255 e. The van der Waals surface area contributed by atoms with Gasteiger partial charge in [-0.05, 0) is 61.4 Å². The molecule has 0 spiro atoms. The molecule has 0 heterocycles. The van der Waals surface area contributed by atoms with Gasteiger partial charge >= 0.3 is 0 Å². The van der Waals surface area contributed by atoms with Crippen LogP contribution in [0.4, 0.5) is 0 Å². The maximum atomic E-state index is 12.9. The van der Waals surface area contributed by atoms with E-state index in [1.807, 2.05) is 6.92 Å². The van der Waals surface area contributed by atoms with Crippen molar-refractivity contribution in [3.8, 4) is 17.2 Å². The molecule has 0 fully saturated rings. The van der Waals surface area contributed by atoms with Gasteiger partial charge in [-0.3, -0.25) is 4.79 Å². The zero-order valence-corrected chi connectivity index (χ0v) is 16.4. The van der Waals surface area contributed by atoms with E-state index in [0.717, 1.165) is 18.4 Å². The lowest BCUT2D eigenvalue weighted by molar-refractivity contribution is 0.0936. The summed E-state index contributed by atoms with van der Waals surface area (Å²) in [6.07, 6.45) is 4.77. The highest BCUT2D eigenvalue weighted by Gasteiger charge is 2.22. The quantitative estimate of drug-likeness (QED) is 0.833. The third-order valence-corrected chi connectivity index (χ3v) is 5.17. The Kier molecular flexibility index (Phi) is 5.89. The Morgan fingerprint density at radius 2 is 1.63 bits per heavy atom. The molecule has 5 nitrogen and oxygen atoms in total. The van der Waals surface area contributed by atoms with Crippen molar-refractivity contribution in [2.24, 2.45) is 0 Å². The standard InChI is InChI=1S/C22H27NO4/c1-14(16-10-9-15-7-5-6-8-17(15)13-16)23-22(24)18-11-12-19(25-2)21(27-4)20(18)26-3/h9-14H,5-8H2,1-4H3,(H,23,24). The van der Waals surface area contributed by atoms with E-state index in [0.29, 0.717) is 22.8 Å². The summed E-state index contributed by atoms with van der Waals surface area (Å²) in [5.74, 6) is 1.09. The molecule has 1 atom stereocenters. The average Bonchev–Trinajstić information content (AvgIpc) is 2.71. The first-order valence-corrected chi connectivity index (χ1v) is 9.30. The van der Waals surface area contributed by atoms with Gasteiger partial charge in [-0.2, -0.15) is 0 Å². The van der Waals surface area contributed by atoms with Crippen LogP contribution < -0.4 is 19.5 Å². The van der Waals surface area contributed by atoms with E-state index in [1.165, 1.54) is 38.2 Å². The summed E-state index contributed by atoms with van der Waals surface area (Å²) in [4.78, 5) is 12.9. The molecular weight excluding hydrogens is 342 g/mol. The van der Waals surface area contributed by atoms with Crippen LogP contribution in [0.2, 0.25) is 0 Å². The first kappa shape index (κ1) is 19.1. The lowest BCUT2D eigenvalue weighted by Gasteiger charge is -2.21. The van der Waals surface area contributed by atoms with E-state index in [-0.39, 0.29) is 11.9 Å². The second kappa shape index (κ2) is 8.33. The van der Waals surface area contributed by atoms with Crippen molar-refractivity contribution in [2.75, 3.05) is 21.3 Å². The van der Waals surface area contributed by atoms with Crippen LogP contribution in [-0.4, -0.2) is 27.2 Å². The van der Waals surface area contributed by atoms with Crippen molar-refractivity contribution in [1.29, 1.82) is 0 Å². The van der Waals surface area contributed by atoms with Gasteiger partial charge in [-0.25, -0.2) is 0 Å². The fourth-order valence-corrected chi connectivity index (χ4v) is 3.66. The number of rotatable bonds is 6. The molecule has 1 N–H and O–H groups in total. The second-order valence-electron chi connectivity index (χ2n) is 6.81. The van der Waals surface area contributed by atoms with Crippen molar-refractivity contribution >= 4 is 5.91 Å². The van der Waals surface area contributed by atoms with Gasteiger partial charge in [0, 0.05) is 0 Å². The molecule has 1 aliphatic rings. The maximum absolute atomic E-state index is 12.9. The predicted molar refractivity (Wildman–Crippen MR) is 105 cm³/mol. The highest BCUT2D eigenvalue weighted by Crippen LogP contribution is 2.39. The van der Waals surface area contributed by atoms with Gasteiger partial charge in [0.25, 0.3) is 5.91 Å². The van der Waals surface area contributed by atoms with Gasteiger partial charge in [0.1, 0.15) is 0 Å². The summed E-state index contributed by atoms with van der Waals surface area (Å²) in [5, 5.41) is 3.07. The minimum atomic E-state index is -0.210. The van der Waals surface area contributed by atoms with Gasteiger partial charge in [0.05, 0.1) is 32.9 Å². The van der Waals surface area contributed by atoms with E-state index in [2.05, 4.69) is 23.5 Å². The summed E-state index contributed by atoms with van der Waals surface area (Å²) >= 11 is 0. The number of ether oxygens (including phenoxy) is 3. The van der Waals surface area contributed by atoms with Crippen molar-refractivity contribution in [1.82, 2.24) is 5.32 Å². The Morgan fingerprint density at radius 1 is 0.926 bits per heavy atom. The molecule has 0 aliphatic heterocycles.